The summed E-state index contributed by atoms with van der Waals surface area (Å²) in [7, 11) is 0. The Hall–Kier alpha value is -1.93. The Balaban J connectivity index is 2.16. The summed E-state index contributed by atoms with van der Waals surface area (Å²) < 4.78 is 13.3. The topological polar surface area (TPSA) is 64.9 Å². The third kappa shape index (κ3) is 2.43. The second-order valence-electron chi connectivity index (χ2n) is 3.95. The van der Waals surface area contributed by atoms with E-state index in [4.69, 9.17) is 5.26 Å². The van der Waals surface area contributed by atoms with Crippen LogP contribution in [0, 0.1) is 23.1 Å². The van der Waals surface area contributed by atoms with Crippen molar-refractivity contribution in [1.82, 2.24) is 5.32 Å². The Morgan fingerprint density at radius 1 is 1.59 bits per heavy atom. The summed E-state index contributed by atoms with van der Waals surface area (Å²) in [6, 6.07) is 5.95. The molecule has 1 aromatic carbocycles. The van der Waals surface area contributed by atoms with E-state index in [2.05, 4.69) is 10.6 Å². The number of nitrogens with zero attached hydrogens (tertiary/aromatic N) is 1. The van der Waals surface area contributed by atoms with E-state index in [9.17, 15) is 9.18 Å². The fraction of sp³-hybridized carbons (Fsp3) is 0.333. The zero-order valence-corrected chi connectivity index (χ0v) is 9.16. The quantitative estimate of drug-likeness (QED) is 0.807. The molecular formula is C12H12FN3O. The highest BCUT2D eigenvalue weighted by atomic mass is 19.1. The van der Waals surface area contributed by atoms with E-state index in [1.807, 2.05) is 0 Å². The number of hydrogen-bond acceptors (Lipinski definition) is 3. The van der Waals surface area contributed by atoms with Crippen molar-refractivity contribution in [3.8, 4) is 6.07 Å². The van der Waals surface area contributed by atoms with E-state index in [1.54, 1.807) is 6.07 Å². The molecule has 0 saturated carbocycles. The van der Waals surface area contributed by atoms with Gasteiger partial charge in [-0.2, -0.15) is 5.26 Å². The van der Waals surface area contributed by atoms with Gasteiger partial charge in [0.25, 0.3) is 0 Å². The van der Waals surface area contributed by atoms with Crippen molar-refractivity contribution >= 4 is 11.6 Å². The Morgan fingerprint density at radius 3 is 3.06 bits per heavy atom. The minimum Gasteiger partial charge on any atom is -0.325 e. The van der Waals surface area contributed by atoms with E-state index >= 15 is 0 Å². The molecule has 17 heavy (non-hydrogen) atoms. The Morgan fingerprint density at radius 2 is 2.41 bits per heavy atom. The average molecular weight is 233 g/mol. The summed E-state index contributed by atoms with van der Waals surface area (Å²) in [6.45, 7) is 1.44. The monoisotopic (exact) mass is 233 g/mol. The standard InChI is InChI=1S/C12H12FN3O/c13-10-2-1-3-11(9(10)6-14)16-12(17)8-4-5-15-7-8/h1-3,8,15H,4-5,7H2,(H,16,17). The fourth-order valence-corrected chi connectivity index (χ4v) is 1.86. The van der Waals surface area contributed by atoms with Gasteiger partial charge in [0.15, 0.2) is 0 Å². The number of nitrogens with one attached hydrogen (secondary N) is 2. The molecule has 1 atom stereocenters. The first kappa shape index (κ1) is 11.6. The van der Waals surface area contributed by atoms with Gasteiger partial charge in [-0.3, -0.25) is 4.79 Å². The maximum absolute atomic E-state index is 13.3. The van der Waals surface area contributed by atoms with Crippen molar-refractivity contribution in [3.63, 3.8) is 0 Å². The first-order chi connectivity index (χ1) is 8.22. The van der Waals surface area contributed by atoms with Crippen LogP contribution >= 0.6 is 0 Å². The van der Waals surface area contributed by atoms with Crippen molar-refractivity contribution in [3.05, 3.63) is 29.6 Å². The van der Waals surface area contributed by atoms with Crippen molar-refractivity contribution < 1.29 is 9.18 Å². The molecule has 1 amide bonds. The Bertz CT molecular complexity index is 475. The molecule has 1 unspecified atom stereocenters. The predicted molar refractivity (Wildman–Crippen MR) is 60.7 cm³/mol. The lowest BCUT2D eigenvalue weighted by Crippen LogP contribution is -2.25. The number of anilines is 1. The zero-order valence-electron chi connectivity index (χ0n) is 9.16. The largest absolute Gasteiger partial charge is 0.325 e. The molecule has 0 radical (unpaired) electrons. The van der Waals surface area contributed by atoms with Gasteiger partial charge < -0.3 is 10.6 Å². The van der Waals surface area contributed by atoms with Crippen LogP contribution in [0.15, 0.2) is 18.2 Å². The van der Waals surface area contributed by atoms with Crippen LogP contribution in [-0.4, -0.2) is 19.0 Å². The molecular weight excluding hydrogens is 221 g/mol. The van der Waals surface area contributed by atoms with Gasteiger partial charge in [-0.05, 0) is 25.1 Å². The third-order valence-corrected chi connectivity index (χ3v) is 2.81. The Labute approximate surface area is 98.4 Å². The molecule has 1 aliphatic rings. The van der Waals surface area contributed by atoms with Crippen molar-refractivity contribution in [2.45, 2.75) is 6.42 Å². The second-order valence-corrected chi connectivity index (χ2v) is 3.95. The average Bonchev–Trinajstić information content (AvgIpc) is 2.82. The molecule has 2 N–H and O–H groups in total. The molecule has 1 fully saturated rings. The number of amides is 1. The van der Waals surface area contributed by atoms with Gasteiger partial charge >= 0.3 is 0 Å². The molecule has 0 aliphatic carbocycles. The number of halogens is 1. The normalized spacial score (nSPS) is 18.7. The highest BCUT2D eigenvalue weighted by Gasteiger charge is 2.23. The van der Waals surface area contributed by atoms with Gasteiger partial charge in [-0.1, -0.05) is 6.07 Å². The lowest BCUT2D eigenvalue weighted by molar-refractivity contribution is -0.119. The van der Waals surface area contributed by atoms with Gasteiger partial charge in [-0.15, -0.1) is 0 Å². The molecule has 0 aromatic heterocycles. The SMILES string of the molecule is N#Cc1c(F)cccc1NC(=O)C1CCNC1. The van der Waals surface area contributed by atoms with E-state index in [0.29, 0.717) is 6.54 Å². The van der Waals surface area contributed by atoms with Gasteiger partial charge in [0, 0.05) is 6.54 Å². The first-order valence-electron chi connectivity index (χ1n) is 5.42. The third-order valence-electron chi connectivity index (χ3n) is 2.81. The summed E-state index contributed by atoms with van der Waals surface area (Å²) in [5.41, 5.74) is 0.121. The zero-order chi connectivity index (χ0) is 12.3. The lowest BCUT2D eigenvalue weighted by Gasteiger charge is -2.11. The van der Waals surface area contributed by atoms with Crippen molar-refractivity contribution in [1.29, 1.82) is 5.26 Å². The minimum absolute atomic E-state index is 0.107. The summed E-state index contributed by atoms with van der Waals surface area (Å²) in [6.07, 6.45) is 0.767. The summed E-state index contributed by atoms with van der Waals surface area (Å²) >= 11 is 0. The summed E-state index contributed by atoms with van der Waals surface area (Å²) in [5, 5.41) is 14.5. The number of carbonyl (C=O) groups excluding carboxylic acids is 1. The van der Waals surface area contributed by atoms with Crippen molar-refractivity contribution in [2.75, 3.05) is 18.4 Å². The number of rotatable bonds is 2. The molecule has 4 nitrogen and oxygen atoms in total. The van der Waals surface area contributed by atoms with Crippen molar-refractivity contribution in [2.24, 2.45) is 5.92 Å². The highest BCUT2D eigenvalue weighted by Crippen LogP contribution is 2.19. The summed E-state index contributed by atoms with van der Waals surface area (Å²) in [5.74, 6) is -0.892. The summed E-state index contributed by atoms with van der Waals surface area (Å²) in [4.78, 5) is 11.8. The maximum atomic E-state index is 13.3. The molecule has 1 saturated heterocycles. The number of hydrogen-bond donors (Lipinski definition) is 2. The van der Waals surface area contributed by atoms with E-state index < -0.39 is 5.82 Å². The molecule has 2 rings (SSSR count). The first-order valence-corrected chi connectivity index (χ1v) is 5.42. The maximum Gasteiger partial charge on any atom is 0.228 e. The van der Waals surface area contributed by atoms with E-state index in [1.165, 1.54) is 18.2 Å². The predicted octanol–water partition coefficient (Wildman–Crippen LogP) is 1.25. The van der Waals surface area contributed by atoms with Crippen LogP contribution in [0.1, 0.15) is 12.0 Å². The van der Waals surface area contributed by atoms with Crippen LogP contribution in [0.3, 0.4) is 0 Å². The number of carbonyl (C=O) groups is 1. The molecule has 1 aliphatic heterocycles. The molecule has 88 valence electrons. The fourth-order valence-electron chi connectivity index (χ4n) is 1.86. The van der Waals surface area contributed by atoms with Gasteiger partial charge in [-0.25, -0.2) is 4.39 Å². The highest BCUT2D eigenvalue weighted by molar-refractivity contribution is 5.94. The van der Waals surface area contributed by atoms with Crippen LogP contribution in [0.4, 0.5) is 10.1 Å². The number of benzene rings is 1. The molecule has 5 heteroatoms. The molecule has 0 bridgehead atoms. The Kier molecular flexibility index (Phi) is 3.35. The van der Waals surface area contributed by atoms with Gasteiger partial charge in [0.05, 0.1) is 11.6 Å². The van der Waals surface area contributed by atoms with E-state index in [0.717, 1.165) is 13.0 Å². The molecule has 1 heterocycles. The van der Waals surface area contributed by atoms with Crippen LogP contribution < -0.4 is 10.6 Å². The van der Waals surface area contributed by atoms with Crippen LogP contribution in [0.2, 0.25) is 0 Å². The van der Waals surface area contributed by atoms with Crippen LogP contribution in [-0.2, 0) is 4.79 Å². The van der Waals surface area contributed by atoms with E-state index in [-0.39, 0.29) is 23.1 Å². The van der Waals surface area contributed by atoms with Crippen LogP contribution in [0.5, 0.6) is 0 Å². The smallest absolute Gasteiger partial charge is 0.228 e. The van der Waals surface area contributed by atoms with Gasteiger partial charge in [0.1, 0.15) is 17.4 Å². The van der Waals surface area contributed by atoms with Crippen LogP contribution in [0.25, 0.3) is 0 Å². The molecule has 1 aromatic rings. The lowest BCUT2D eigenvalue weighted by atomic mass is 10.1. The van der Waals surface area contributed by atoms with Gasteiger partial charge in [0.2, 0.25) is 5.91 Å². The number of nitriles is 1. The molecule has 0 spiro atoms. The minimum atomic E-state index is -0.616. The second kappa shape index (κ2) is 4.93.